The molecule has 27 heavy (non-hydrogen) atoms. The third kappa shape index (κ3) is 4.20. The molecule has 1 N–H and O–H groups in total. The summed E-state index contributed by atoms with van der Waals surface area (Å²) in [6, 6.07) is 15.3. The topological polar surface area (TPSA) is 83.6 Å². The predicted molar refractivity (Wildman–Crippen MR) is 104 cm³/mol. The molecule has 3 rings (SSSR count). The number of aryl methyl sites for hydroxylation is 1. The summed E-state index contributed by atoms with van der Waals surface area (Å²) in [5.74, 6) is 0.547. The van der Waals surface area contributed by atoms with Crippen molar-refractivity contribution in [3.8, 4) is 11.3 Å². The summed E-state index contributed by atoms with van der Waals surface area (Å²) in [7, 11) is -3.82. The van der Waals surface area contributed by atoms with E-state index in [-0.39, 0.29) is 11.4 Å². The number of nitrogens with zero attached hydrogens (tertiary/aromatic N) is 2. The molecule has 0 aliphatic heterocycles. The normalized spacial score (nSPS) is 12.7. The zero-order chi connectivity index (χ0) is 19.4. The molecule has 1 atom stereocenters. The molecule has 0 amide bonds. The Morgan fingerprint density at radius 1 is 1.11 bits per heavy atom. The number of sulfonamides is 1. The summed E-state index contributed by atoms with van der Waals surface area (Å²) in [4.78, 5) is 4.40. The Kier molecular flexibility index (Phi) is 5.62. The van der Waals surface area contributed by atoms with Gasteiger partial charge in [-0.25, -0.2) is 13.4 Å². The zero-order valence-corrected chi connectivity index (χ0v) is 16.1. The van der Waals surface area contributed by atoms with Crippen LogP contribution in [0.1, 0.15) is 19.2 Å². The Morgan fingerprint density at radius 2 is 1.78 bits per heavy atom. The number of aliphatic hydroxyl groups excluding tert-OH is 1. The lowest BCUT2D eigenvalue weighted by molar-refractivity contribution is 0.179. The standard InChI is InChI=1S/C20H22N2O4S/c1-3-18(23)13-22(17-7-5-4-6-8-17)27(24,25)19-11-9-16(10-12-19)20-14-26-15(2)21-20/h4-12,14,18,23H,3,13H2,1-2H3. The highest BCUT2D eigenvalue weighted by Crippen LogP contribution is 2.26. The first-order chi connectivity index (χ1) is 12.9. The van der Waals surface area contributed by atoms with Crippen LogP contribution in [0.5, 0.6) is 0 Å². The molecule has 1 unspecified atom stereocenters. The number of hydrogen-bond donors (Lipinski definition) is 1. The third-order valence-corrected chi connectivity index (χ3v) is 6.06. The van der Waals surface area contributed by atoms with E-state index in [2.05, 4.69) is 4.98 Å². The minimum Gasteiger partial charge on any atom is -0.449 e. The van der Waals surface area contributed by atoms with Gasteiger partial charge in [-0.2, -0.15) is 0 Å². The minimum atomic E-state index is -3.82. The number of benzene rings is 2. The van der Waals surface area contributed by atoms with E-state index in [1.165, 1.54) is 10.6 Å². The molecule has 0 aliphatic carbocycles. The van der Waals surface area contributed by atoms with Crippen LogP contribution in [0.3, 0.4) is 0 Å². The van der Waals surface area contributed by atoms with Crippen molar-refractivity contribution in [3.05, 3.63) is 66.8 Å². The fourth-order valence-corrected chi connectivity index (χ4v) is 4.18. The predicted octanol–water partition coefficient (Wildman–Crippen LogP) is 3.62. The Hall–Kier alpha value is -2.64. The molecule has 0 spiro atoms. The number of rotatable bonds is 7. The second-order valence-corrected chi connectivity index (χ2v) is 8.07. The Morgan fingerprint density at radius 3 is 2.33 bits per heavy atom. The van der Waals surface area contributed by atoms with E-state index < -0.39 is 16.1 Å². The van der Waals surface area contributed by atoms with Gasteiger partial charge in [-0.05, 0) is 30.7 Å². The highest BCUT2D eigenvalue weighted by molar-refractivity contribution is 7.92. The fourth-order valence-electron chi connectivity index (χ4n) is 2.68. The monoisotopic (exact) mass is 386 g/mol. The summed E-state index contributed by atoms with van der Waals surface area (Å²) < 4.78 is 32.9. The Bertz CT molecular complexity index is 982. The van der Waals surface area contributed by atoms with Crippen LogP contribution in [-0.2, 0) is 10.0 Å². The van der Waals surface area contributed by atoms with E-state index in [1.54, 1.807) is 55.5 Å². The van der Waals surface area contributed by atoms with Gasteiger partial charge in [0, 0.05) is 12.5 Å². The molecule has 142 valence electrons. The molecule has 0 radical (unpaired) electrons. The van der Waals surface area contributed by atoms with Crippen LogP contribution in [0, 0.1) is 6.92 Å². The van der Waals surface area contributed by atoms with E-state index >= 15 is 0 Å². The second kappa shape index (κ2) is 7.94. The van der Waals surface area contributed by atoms with Gasteiger partial charge in [0.2, 0.25) is 0 Å². The van der Waals surface area contributed by atoms with Crippen LogP contribution < -0.4 is 4.31 Å². The van der Waals surface area contributed by atoms with Gasteiger partial charge in [0.25, 0.3) is 10.0 Å². The zero-order valence-electron chi connectivity index (χ0n) is 15.2. The number of aliphatic hydroxyl groups is 1. The molecule has 0 fully saturated rings. The van der Waals surface area contributed by atoms with Crippen molar-refractivity contribution < 1.29 is 17.9 Å². The van der Waals surface area contributed by atoms with E-state index in [4.69, 9.17) is 4.42 Å². The van der Waals surface area contributed by atoms with Crippen molar-refractivity contribution >= 4 is 15.7 Å². The molecule has 3 aromatic rings. The molecule has 0 aliphatic rings. The van der Waals surface area contributed by atoms with Crippen LogP contribution >= 0.6 is 0 Å². The molecule has 1 heterocycles. The van der Waals surface area contributed by atoms with E-state index in [9.17, 15) is 13.5 Å². The van der Waals surface area contributed by atoms with Gasteiger partial charge < -0.3 is 9.52 Å². The number of aromatic nitrogens is 1. The summed E-state index contributed by atoms with van der Waals surface area (Å²) in [6.07, 6.45) is 1.24. The van der Waals surface area contributed by atoms with Gasteiger partial charge in [-0.3, -0.25) is 4.31 Å². The second-order valence-electron chi connectivity index (χ2n) is 6.21. The van der Waals surface area contributed by atoms with Gasteiger partial charge in [0.1, 0.15) is 12.0 Å². The molecule has 0 bridgehead atoms. The van der Waals surface area contributed by atoms with Crippen molar-refractivity contribution in [2.75, 3.05) is 10.8 Å². The molecule has 1 aromatic heterocycles. The SMILES string of the molecule is CCC(O)CN(c1ccccc1)S(=O)(=O)c1ccc(-c2coc(C)n2)cc1. The number of hydrogen-bond acceptors (Lipinski definition) is 5. The summed E-state index contributed by atoms with van der Waals surface area (Å²) >= 11 is 0. The van der Waals surface area contributed by atoms with Gasteiger partial charge >= 0.3 is 0 Å². The number of para-hydroxylation sites is 1. The lowest BCUT2D eigenvalue weighted by Gasteiger charge is -2.26. The highest BCUT2D eigenvalue weighted by atomic mass is 32.2. The van der Waals surface area contributed by atoms with Crippen LogP contribution in [0.2, 0.25) is 0 Å². The summed E-state index contributed by atoms with van der Waals surface area (Å²) in [5, 5.41) is 10.1. The number of oxazole rings is 1. The van der Waals surface area contributed by atoms with Crippen molar-refractivity contribution in [2.24, 2.45) is 0 Å². The average molecular weight is 386 g/mol. The van der Waals surface area contributed by atoms with Gasteiger partial charge in [0.15, 0.2) is 5.89 Å². The van der Waals surface area contributed by atoms with Gasteiger partial charge in [-0.1, -0.05) is 37.3 Å². The lowest BCUT2D eigenvalue weighted by Crippen LogP contribution is -2.37. The molecule has 7 heteroatoms. The largest absolute Gasteiger partial charge is 0.449 e. The summed E-state index contributed by atoms with van der Waals surface area (Å²) in [6.45, 7) is 3.56. The van der Waals surface area contributed by atoms with E-state index in [1.807, 2.05) is 13.0 Å². The maximum atomic E-state index is 13.2. The van der Waals surface area contributed by atoms with Gasteiger partial charge in [0.05, 0.1) is 23.2 Å². The molecular formula is C20H22N2O4S. The summed E-state index contributed by atoms with van der Waals surface area (Å²) in [5.41, 5.74) is 1.93. The smallest absolute Gasteiger partial charge is 0.264 e. The third-order valence-electron chi connectivity index (χ3n) is 4.25. The van der Waals surface area contributed by atoms with E-state index in [0.29, 0.717) is 23.7 Å². The van der Waals surface area contributed by atoms with Crippen LogP contribution in [0.25, 0.3) is 11.3 Å². The lowest BCUT2D eigenvalue weighted by atomic mass is 10.2. The van der Waals surface area contributed by atoms with Crippen LogP contribution in [0.4, 0.5) is 5.69 Å². The Labute approximate surface area is 159 Å². The van der Waals surface area contributed by atoms with Gasteiger partial charge in [-0.15, -0.1) is 0 Å². The molecule has 2 aromatic carbocycles. The van der Waals surface area contributed by atoms with Crippen LogP contribution in [0.15, 0.2) is 70.2 Å². The fraction of sp³-hybridized carbons (Fsp3) is 0.250. The average Bonchev–Trinajstić information content (AvgIpc) is 3.13. The molecular weight excluding hydrogens is 364 g/mol. The minimum absolute atomic E-state index is 0.00687. The van der Waals surface area contributed by atoms with E-state index in [0.717, 1.165) is 5.56 Å². The first-order valence-corrected chi connectivity index (χ1v) is 10.1. The maximum absolute atomic E-state index is 13.2. The maximum Gasteiger partial charge on any atom is 0.264 e. The Balaban J connectivity index is 1.96. The molecule has 0 saturated carbocycles. The van der Waals surface area contributed by atoms with Crippen LogP contribution in [-0.4, -0.2) is 31.2 Å². The number of anilines is 1. The highest BCUT2D eigenvalue weighted by Gasteiger charge is 2.26. The molecule has 0 saturated heterocycles. The van der Waals surface area contributed by atoms with Crippen molar-refractivity contribution in [1.82, 2.24) is 4.98 Å². The van der Waals surface area contributed by atoms with Crippen molar-refractivity contribution in [3.63, 3.8) is 0 Å². The van der Waals surface area contributed by atoms with Crippen molar-refractivity contribution in [1.29, 1.82) is 0 Å². The first kappa shape index (κ1) is 19.1. The quantitative estimate of drug-likeness (QED) is 0.670. The molecule has 6 nitrogen and oxygen atoms in total. The first-order valence-electron chi connectivity index (χ1n) is 8.70. The van der Waals surface area contributed by atoms with Crippen molar-refractivity contribution in [2.45, 2.75) is 31.3 Å².